The van der Waals surface area contributed by atoms with Gasteiger partial charge >= 0.3 is 0 Å². The third-order valence-corrected chi connectivity index (χ3v) is 11.8. The molecule has 0 radical (unpaired) electrons. The molecule has 4 aromatic rings. The fraction of sp³-hybridized carbons (Fsp3) is 0.367. The molecule has 2 atom stereocenters. The van der Waals surface area contributed by atoms with E-state index in [0.29, 0.717) is 34.8 Å². The van der Waals surface area contributed by atoms with Crippen molar-refractivity contribution in [2.45, 2.75) is 44.0 Å². The molecule has 2 heterocycles. The minimum atomic E-state index is -4.36. The van der Waals surface area contributed by atoms with Gasteiger partial charge in [-0.25, -0.2) is 22.1 Å². The fourth-order valence-electron chi connectivity index (χ4n) is 4.65. The molecule has 0 fully saturated rings. The van der Waals surface area contributed by atoms with Crippen molar-refractivity contribution in [1.82, 2.24) is 19.7 Å². The minimum absolute atomic E-state index is 0.0482. The standard InChI is InChI=1S/C30H37BrFN5O6SSi/c1-19(28(38)21-15-14-20(32)18-22(21)31)44(39,40)36(16-17-45(5,6)7)30-35-34-29(23-10-8-13-26(33-23)43-4)37(30)27-24(41-2)11-9-12-25(27)42-3/h8-15,18-19,28,38H,16-17H2,1-7H3. The van der Waals surface area contributed by atoms with Crippen molar-refractivity contribution in [3.05, 3.63) is 70.5 Å². The average molecular weight is 723 g/mol. The van der Waals surface area contributed by atoms with Crippen LogP contribution >= 0.6 is 15.9 Å². The molecule has 0 aliphatic rings. The van der Waals surface area contributed by atoms with Gasteiger partial charge in [0, 0.05) is 25.2 Å². The van der Waals surface area contributed by atoms with Crippen LogP contribution in [-0.2, 0) is 10.0 Å². The van der Waals surface area contributed by atoms with Crippen LogP contribution in [0.2, 0.25) is 25.7 Å². The summed E-state index contributed by atoms with van der Waals surface area (Å²) in [4.78, 5) is 4.53. The molecular weight excluding hydrogens is 685 g/mol. The van der Waals surface area contributed by atoms with Crippen molar-refractivity contribution < 1.29 is 32.1 Å². The van der Waals surface area contributed by atoms with Gasteiger partial charge in [-0.15, -0.1) is 10.2 Å². The number of methoxy groups -OCH3 is 3. The number of aliphatic hydroxyl groups is 1. The lowest BCUT2D eigenvalue weighted by atomic mass is 10.1. The van der Waals surface area contributed by atoms with Gasteiger partial charge in [-0.05, 0) is 48.9 Å². The lowest BCUT2D eigenvalue weighted by Gasteiger charge is -2.31. The summed E-state index contributed by atoms with van der Waals surface area (Å²) in [5, 5.41) is 18.8. The van der Waals surface area contributed by atoms with Gasteiger partial charge in [-0.3, -0.25) is 4.57 Å². The first-order valence-corrected chi connectivity index (χ1v) is 20.1. The predicted octanol–water partition coefficient (Wildman–Crippen LogP) is 5.85. The van der Waals surface area contributed by atoms with Gasteiger partial charge in [0.1, 0.15) is 33.9 Å². The number of para-hydroxylation sites is 1. The minimum Gasteiger partial charge on any atom is -0.494 e. The van der Waals surface area contributed by atoms with E-state index in [1.165, 1.54) is 55.3 Å². The zero-order valence-corrected chi connectivity index (χ0v) is 29.6. The van der Waals surface area contributed by atoms with Crippen LogP contribution in [0.25, 0.3) is 17.2 Å². The maximum atomic E-state index is 14.6. The van der Waals surface area contributed by atoms with Crippen molar-refractivity contribution in [2.24, 2.45) is 0 Å². The Morgan fingerprint density at radius 2 is 1.64 bits per heavy atom. The summed E-state index contributed by atoms with van der Waals surface area (Å²) in [6.45, 7) is 7.86. The molecule has 0 saturated carbocycles. The third-order valence-electron chi connectivity index (χ3n) is 7.22. The summed E-state index contributed by atoms with van der Waals surface area (Å²) in [5.41, 5.74) is 0.934. The Morgan fingerprint density at radius 1 is 1.00 bits per heavy atom. The highest BCUT2D eigenvalue weighted by molar-refractivity contribution is 9.10. The summed E-state index contributed by atoms with van der Waals surface area (Å²) >= 11 is 3.26. The number of benzene rings is 2. The Kier molecular flexibility index (Phi) is 10.6. The second-order valence-electron chi connectivity index (χ2n) is 11.5. The van der Waals surface area contributed by atoms with E-state index in [2.05, 4.69) is 50.8 Å². The Bertz CT molecular complexity index is 1750. The van der Waals surface area contributed by atoms with E-state index in [4.69, 9.17) is 14.2 Å². The zero-order chi connectivity index (χ0) is 33.1. The number of hydrogen-bond acceptors (Lipinski definition) is 9. The largest absolute Gasteiger partial charge is 0.494 e. The van der Waals surface area contributed by atoms with Crippen LogP contribution in [0.1, 0.15) is 18.6 Å². The van der Waals surface area contributed by atoms with Gasteiger partial charge in [0.15, 0.2) is 5.82 Å². The van der Waals surface area contributed by atoms with E-state index in [0.717, 1.165) is 0 Å². The highest BCUT2D eigenvalue weighted by Gasteiger charge is 2.40. The van der Waals surface area contributed by atoms with Crippen LogP contribution in [0, 0.1) is 5.82 Å². The number of aromatic nitrogens is 4. The van der Waals surface area contributed by atoms with Gasteiger partial charge in [0.05, 0.1) is 27.4 Å². The van der Waals surface area contributed by atoms with Crippen molar-refractivity contribution in [2.75, 3.05) is 32.2 Å². The van der Waals surface area contributed by atoms with E-state index in [1.807, 2.05) is 0 Å². The van der Waals surface area contributed by atoms with Crippen LogP contribution < -0.4 is 18.5 Å². The smallest absolute Gasteiger partial charge is 0.246 e. The molecule has 2 aromatic heterocycles. The zero-order valence-electron chi connectivity index (χ0n) is 26.2. The Morgan fingerprint density at radius 3 is 2.22 bits per heavy atom. The lowest BCUT2D eigenvalue weighted by Crippen LogP contribution is -2.44. The molecule has 4 rings (SSSR count). The van der Waals surface area contributed by atoms with Crippen molar-refractivity contribution in [3.8, 4) is 34.6 Å². The summed E-state index contributed by atoms with van der Waals surface area (Å²) < 4.78 is 62.7. The maximum Gasteiger partial charge on any atom is 0.246 e. The molecule has 11 nitrogen and oxygen atoms in total. The molecule has 0 aliphatic carbocycles. The summed E-state index contributed by atoms with van der Waals surface area (Å²) in [6.07, 6.45) is -1.50. The first kappa shape index (κ1) is 34.3. The Balaban J connectivity index is 2.00. The normalized spacial score (nSPS) is 13.3. The van der Waals surface area contributed by atoms with E-state index in [-0.39, 0.29) is 28.4 Å². The fourth-order valence-corrected chi connectivity index (χ4v) is 7.86. The predicted molar refractivity (Wildman–Crippen MR) is 177 cm³/mol. The van der Waals surface area contributed by atoms with Gasteiger partial charge < -0.3 is 19.3 Å². The van der Waals surface area contributed by atoms with Crippen LogP contribution in [-0.4, -0.2) is 74.5 Å². The number of hydrogen-bond donors (Lipinski definition) is 1. The van der Waals surface area contributed by atoms with E-state index < -0.39 is 35.3 Å². The number of sulfonamides is 1. The Hall–Kier alpha value is -3.53. The first-order chi connectivity index (χ1) is 21.2. The number of rotatable bonds is 13. The molecule has 0 aliphatic heterocycles. The SMILES string of the molecule is COc1cccc(-c2nnc(N(CC[Si](C)(C)C)S(=O)(=O)C(C)C(O)c3ccc(F)cc3Br)n2-c2c(OC)cccc2OC)n1. The van der Waals surface area contributed by atoms with Crippen LogP contribution in [0.15, 0.2) is 59.1 Å². The highest BCUT2D eigenvalue weighted by atomic mass is 79.9. The molecule has 2 unspecified atom stereocenters. The molecule has 242 valence electrons. The number of ether oxygens (including phenoxy) is 3. The van der Waals surface area contributed by atoms with Gasteiger partial charge in [0.2, 0.25) is 21.9 Å². The molecule has 1 N–H and O–H groups in total. The second-order valence-corrected chi connectivity index (χ2v) is 20.2. The molecule has 45 heavy (non-hydrogen) atoms. The number of aliphatic hydroxyl groups excluding tert-OH is 1. The van der Waals surface area contributed by atoms with Gasteiger partial charge in [-0.2, -0.15) is 0 Å². The summed E-state index contributed by atoms with van der Waals surface area (Å²) in [5.74, 6) is 0.682. The quantitative estimate of drug-likeness (QED) is 0.169. The van der Waals surface area contributed by atoms with Crippen LogP contribution in [0.3, 0.4) is 0 Å². The van der Waals surface area contributed by atoms with Gasteiger partial charge in [-0.1, -0.05) is 53.8 Å². The maximum absolute atomic E-state index is 14.6. The van der Waals surface area contributed by atoms with Crippen molar-refractivity contribution in [1.29, 1.82) is 0 Å². The molecule has 0 amide bonds. The first-order valence-electron chi connectivity index (χ1n) is 14.1. The molecule has 0 bridgehead atoms. The van der Waals surface area contributed by atoms with Crippen LogP contribution in [0.5, 0.6) is 17.4 Å². The molecule has 0 spiro atoms. The Labute approximate surface area is 272 Å². The molecule has 2 aromatic carbocycles. The number of pyridine rings is 1. The highest BCUT2D eigenvalue weighted by Crippen LogP contribution is 2.40. The van der Waals surface area contributed by atoms with E-state index in [1.54, 1.807) is 36.4 Å². The number of nitrogens with zero attached hydrogens (tertiary/aromatic N) is 5. The second kappa shape index (κ2) is 13.8. The third kappa shape index (κ3) is 7.32. The summed E-state index contributed by atoms with van der Waals surface area (Å²) in [6, 6.07) is 14.6. The molecular formula is C30H37BrFN5O6SSi. The van der Waals surface area contributed by atoms with Gasteiger partial charge in [0.25, 0.3) is 0 Å². The monoisotopic (exact) mass is 721 g/mol. The summed E-state index contributed by atoms with van der Waals surface area (Å²) in [7, 11) is -1.72. The molecule has 0 saturated heterocycles. The lowest BCUT2D eigenvalue weighted by molar-refractivity contribution is 0.175. The number of halogens is 2. The van der Waals surface area contributed by atoms with E-state index in [9.17, 15) is 17.9 Å². The molecule has 15 heteroatoms. The van der Waals surface area contributed by atoms with Crippen LogP contribution in [0.4, 0.5) is 10.3 Å². The number of anilines is 1. The topological polar surface area (TPSA) is 129 Å². The average Bonchev–Trinajstić information content (AvgIpc) is 3.43. The van der Waals surface area contributed by atoms with E-state index >= 15 is 0 Å². The van der Waals surface area contributed by atoms with Crippen molar-refractivity contribution in [3.63, 3.8) is 0 Å². The van der Waals surface area contributed by atoms with Crippen molar-refractivity contribution >= 4 is 40.0 Å².